The number of nitrogens with zero attached hydrogens (tertiary/aromatic N) is 2. The Bertz CT molecular complexity index is 457. The van der Waals surface area contributed by atoms with Gasteiger partial charge < -0.3 is 0 Å². The van der Waals surface area contributed by atoms with Crippen LogP contribution in [-0.4, -0.2) is 9.97 Å². The van der Waals surface area contributed by atoms with Gasteiger partial charge in [-0.05, 0) is 29.8 Å². The molecule has 0 radical (unpaired) electrons. The zero-order valence-electron chi connectivity index (χ0n) is 7.82. The summed E-state index contributed by atoms with van der Waals surface area (Å²) in [5, 5.41) is 0.462. The minimum Gasteiger partial charge on any atom is -0.265 e. The molecule has 0 bridgehead atoms. The third kappa shape index (κ3) is 2.28. The molecule has 2 nitrogen and oxygen atoms in total. The van der Waals surface area contributed by atoms with Crippen molar-refractivity contribution < 1.29 is 0 Å². The van der Waals surface area contributed by atoms with Gasteiger partial charge in [0.2, 0.25) is 0 Å². The number of pyridine rings is 2. The van der Waals surface area contributed by atoms with Crippen molar-refractivity contribution >= 4 is 23.2 Å². The van der Waals surface area contributed by atoms with Crippen molar-refractivity contribution in [1.29, 1.82) is 0 Å². The summed E-state index contributed by atoms with van der Waals surface area (Å²) in [5.41, 5.74) is 2.83. The van der Waals surface area contributed by atoms with Crippen LogP contribution in [-0.2, 0) is 5.88 Å². The Labute approximate surface area is 97.9 Å². The molecule has 0 aliphatic carbocycles. The summed E-state index contributed by atoms with van der Waals surface area (Å²) >= 11 is 11.6. The molecule has 2 aromatic heterocycles. The number of hydrogen-bond acceptors (Lipinski definition) is 2. The van der Waals surface area contributed by atoms with Crippen LogP contribution in [0.1, 0.15) is 5.69 Å². The normalized spacial score (nSPS) is 10.3. The van der Waals surface area contributed by atoms with Gasteiger partial charge in [-0.2, -0.15) is 0 Å². The summed E-state index contributed by atoms with van der Waals surface area (Å²) in [6, 6.07) is 7.51. The fourth-order valence-electron chi connectivity index (χ4n) is 1.37. The van der Waals surface area contributed by atoms with E-state index in [0.717, 1.165) is 16.8 Å². The fraction of sp³-hybridized carbons (Fsp3) is 0.0909. The third-order valence-corrected chi connectivity index (χ3v) is 2.52. The van der Waals surface area contributed by atoms with Crippen molar-refractivity contribution in [2.45, 2.75) is 5.88 Å². The van der Waals surface area contributed by atoms with Gasteiger partial charge in [0, 0.05) is 18.0 Å². The van der Waals surface area contributed by atoms with Crippen LogP contribution < -0.4 is 0 Å². The first-order valence-corrected chi connectivity index (χ1v) is 5.34. The molecule has 0 saturated heterocycles. The highest BCUT2D eigenvalue weighted by Crippen LogP contribution is 2.24. The van der Waals surface area contributed by atoms with Crippen LogP contribution in [0, 0.1) is 0 Å². The van der Waals surface area contributed by atoms with Crippen LogP contribution in [0.25, 0.3) is 11.1 Å². The van der Waals surface area contributed by atoms with Crippen LogP contribution in [0.2, 0.25) is 5.15 Å². The van der Waals surface area contributed by atoms with Gasteiger partial charge in [0.05, 0.1) is 11.6 Å². The van der Waals surface area contributed by atoms with Gasteiger partial charge in [-0.3, -0.25) is 4.98 Å². The van der Waals surface area contributed by atoms with Gasteiger partial charge in [0.1, 0.15) is 5.15 Å². The average Bonchev–Trinajstić information content (AvgIpc) is 2.30. The van der Waals surface area contributed by atoms with Crippen molar-refractivity contribution in [1.82, 2.24) is 9.97 Å². The lowest BCUT2D eigenvalue weighted by molar-refractivity contribution is 1.17. The SMILES string of the molecule is ClCc1nc(Cl)ccc1-c1ccncc1. The third-order valence-electron chi connectivity index (χ3n) is 2.06. The van der Waals surface area contributed by atoms with Gasteiger partial charge in [0.15, 0.2) is 0 Å². The molecule has 0 aromatic carbocycles. The molecule has 76 valence electrons. The highest BCUT2D eigenvalue weighted by Gasteiger charge is 2.05. The number of halogens is 2. The Morgan fingerprint density at radius 1 is 1.07 bits per heavy atom. The first-order valence-electron chi connectivity index (χ1n) is 4.43. The second-order valence-corrected chi connectivity index (χ2v) is 3.65. The second-order valence-electron chi connectivity index (χ2n) is 3.00. The molecule has 0 N–H and O–H groups in total. The van der Waals surface area contributed by atoms with Crippen molar-refractivity contribution in [3.8, 4) is 11.1 Å². The van der Waals surface area contributed by atoms with Crippen molar-refractivity contribution in [3.63, 3.8) is 0 Å². The van der Waals surface area contributed by atoms with Gasteiger partial charge in [-0.15, -0.1) is 11.6 Å². The lowest BCUT2D eigenvalue weighted by Crippen LogP contribution is -1.91. The zero-order chi connectivity index (χ0) is 10.7. The molecule has 0 spiro atoms. The van der Waals surface area contributed by atoms with E-state index in [1.807, 2.05) is 18.2 Å². The minimum atomic E-state index is 0.345. The summed E-state index contributed by atoms with van der Waals surface area (Å²) in [6.07, 6.45) is 3.48. The van der Waals surface area contributed by atoms with Crippen LogP contribution in [0.4, 0.5) is 0 Å². The molecular formula is C11H8Cl2N2. The smallest absolute Gasteiger partial charge is 0.129 e. The van der Waals surface area contributed by atoms with Crippen molar-refractivity contribution in [2.75, 3.05) is 0 Å². The molecule has 0 amide bonds. The zero-order valence-corrected chi connectivity index (χ0v) is 9.33. The molecule has 4 heteroatoms. The van der Waals surface area contributed by atoms with Crippen molar-refractivity contribution in [3.05, 3.63) is 47.5 Å². The van der Waals surface area contributed by atoms with E-state index in [1.165, 1.54) is 0 Å². The molecule has 0 aliphatic heterocycles. The van der Waals surface area contributed by atoms with Gasteiger partial charge >= 0.3 is 0 Å². The van der Waals surface area contributed by atoms with Gasteiger partial charge in [-0.1, -0.05) is 11.6 Å². The highest BCUT2D eigenvalue weighted by molar-refractivity contribution is 6.29. The van der Waals surface area contributed by atoms with Crippen LogP contribution in [0.3, 0.4) is 0 Å². The van der Waals surface area contributed by atoms with Crippen LogP contribution >= 0.6 is 23.2 Å². The van der Waals surface area contributed by atoms with E-state index < -0.39 is 0 Å². The molecule has 0 saturated carbocycles. The number of rotatable bonds is 2. The van der Waals surface area contributed by atoms with Crippen molar-refractivity contribution in [2.24, 2.45) is 0 Å². The quantitative estimate of drug-likeness (QED) is 0.591. The van der Waals surface area contributed by atoms with Crippen LogP contribution in [0.5, 0.6) is 0 Å². The number of hydrogen-bond donors (Lipinski definition) is 0. The molecule has 2 rings (SSSR count). The van der Waals surface area contributed by atoms with E-state index in [-0.39, 0.29) is 0 Å². The first kappa shape index (κ1) is 10.4. The Hall–Kier alpha value is -1.12. The van der Waals surface area contributed by atoms with E-state index in [2.05, 4.69) is 9.97 Å². The Morgan fingerprint density at radius 2 is 1.80 bits per heavy atom. The highest BCUT2D eigenvalue weighted by atomic mass is 35.5. The second kappa shape index (κ2) is 4.60. The maximum Gasteiger partial charge on any atom is 0.129 e. The fourth-order valence-corrected chi connectivity index (χ4v) is 1.74. The summed E-state index contributed by atoms with van der Waals surface area (Å²) in [5.74, 6) is 0.345. The Kier molecular flexibility index (Phi) is 3.19. The monoisotopic (exact) mass is 238 g/mol. The topological polar surface area (TPSA) is 25.8 Å². The van der Waals surface area contributed by atoms with E-state index in [0.29, 0.717) is 11.0 Å². The molecule has 0 unspecified atom stereocenters. The van der Waals surface area contributed by atoms with E-state index >= 15 is 0 Å². The lowest BCUT2D eigenvalue weighted by atomic mass is 10.1. The predicted octanol–water partition coefficient (Wildman–Crippen LogP) is 3.54. The molecule has 0 aliphatic rings. The Balaban J connectivity index is 2.53. The van der Waals surface area contributed by atoms with Gasteiger partial charge in [-0.25, -0.2) is 4.98 Å². The molecule has 0 fully saturated rings. The lowest BCUT2D eigenvalue weighted by Gasteiger charge is -2.06. The van der Waals surface area contributed by atoms with Gasteiger partial charge in [0.25, 0.3) is 0 Å². The molecule has 2 aromatic rings. The molecule has 15 heavy (non-hydrogen) atoms. The first-order chi connectivity index (χ1) is 7.31. The predicted molar refractivity (Wildman–Crippen MR) is 62.0 cm³/mol. The maximum atomic E-state index is 5.82. The maximum absolute atomic E-state index is 5.82. The molecule has 2 heterocycles. The Morgan fingerprint density at radius 3 is 2.47 bits per heavy atom. The minimum absolute atomic E-state index is 0.345. The van der Waals surface area contributed by atoms with E-state index in [4.69, 9.17) is 23.2 Å². The number of alkyl halides is 1. The standard InChI is InChI=1S/C11H8Cl2N2/c12-7-10-9(1-2-11(13)15-10)8-3-5-14-6-4-8/h1-6H,7H2. The summed E-state index contributed by atoms with van der Waals surface area (Å²) in [6.45, 7) is 0. The largest absolute Gasteiger partial charge is 0.265 e. The summed E-state index contributed by atoms with van der Waals surface area (Å²) in [7, 11) is 0. The van der Waals surface area contributed by atoms with Crippen LogP contribution in [0.15, 0.2) is 36.7 Å². The number of aromatic nitrogens is 2. The average molecular weight is 239 g/mol. The molecule has 0 atom stereocenters. The molecular weight excluding hydrogens is 231 g/mol. The summed E-state index contributed by atoms with van der Waals surface area (Å²) < 4.78 is 0. The summed E-state index contributed by atoms with van der Waals surface area (Å²) in [4.78, 5) is 8.15. The van der Waals surface area contributed by atoms with E-state index in [1.54, 1.807) is 18.5 Å². The van der Waals surface area contributed by atoms with E-state index in [9.17, 15) is 0 Å².